The Labute approximate surface area is 89.0 Å². The predicted molar refractivity (Wildman–Crippen MR) is 52.2 cm³/mol. The van der Waals surface area contributed by atoms with E-state index in [2.05, 4.69) is 4.74 Å². The molecule has 0 bridgehead atoms. The third-order valence-corrected chi connectivity index (χ3v) is 2.60. The van der Waals surface area contributed by atoms with Gasteiger partial charge in [-0.15, -0.1) is 0 Å². The molecule has 1 fully saturated rings. The fourth-order valence-electron chi connectivity index (χ4n) is 1.64. The van der Waals surface area contributed by atoms with Crippen molar-refractivity contribution in [2.75, 3.05) is 13.7 Å². The molecule has 0 aromatic heterocycles. The lowest BCUT2D eigenvalue weighted by molar-refractivity contribution is -0.140. The zero-order chi connectivity index (χ0) is 11.3. The molecule has 88 valence electrons. The number of carbonyl (C=O) groups excluding carboxylic acids is 1. The summed E-state index contributed by atoms with van der Waals surface area (Å²) in [5, 5.41) is 18.6. The molecule has 15 heavy (non-hydrogen) atoms. The van der Waals surface area contributed by atoms with Crippen LogP contribution < -0.4 is 0 Å². The Kier molecular flexibility index (Phi) is 5.01. The summed E-state index contributed by atoms with van der Waals surface area (Å²) in [6, 6.07) is 0. The molecule has 5 heteroatoms. The van der Waals surface area contributed by atoms with Gasteiger partial charge in [-0.25, -0.2) is 0 Å². The molecule has 1 aliphatic heterocycles. The van der Waals surface area contributed by atoms with Crippen LogP contribution in [0.1, 0.15) is 25.7 Å². The highest BCUT2D eigenvalue weighted by Gasteiger charge is 2.33. The predicted octanol–water partition coefficient (Wildman–Crippen LogP) is -0.160. The molecule has 0 amide bonds. The van der Waals surface area contributed by atoms with Crippen molar-refractivity contribution < 1.29 is 24.5 Å². The van der Waals surface area contributed by atoms with Gasteiger partial charge in [0.2, 0.25) is 0 Å². The fourth-order valence-corrected chi connectivity index (χ4v) is 1.64. The van der Waals surface area contributed by atoms with Crippen LogP contribution in [0.25, 0.3) is 0 Å². The van der Waals surface area contributed by atoms with Crippen molar-refractivity contribution >= 4 is 5.97 Å². The number of ether oxygens (including phenoxy) is 2. The molecule has 0 unspecified atom stereocenters. The van der Waals surface area contributed by atoms with E-state index in [4.69, 9.17) is 4.74 Å². The lowest BCUT2D eigenvalue weighted by atomic mass is 10.0. The largest absolute Gasteiger partial charge is 0.469 e. The Balaban J connectivity index is 2.08. The molecule has 1 aliphatic rings. The van der Waals surface area contributed by atoms with Crippen molar-refractivity contribution in [1.29, 1.82) is 0 Å². The van der Waals surface area contributed by atoms with Gasteiger partial charge in [-0.3, -0.25) is 4.79 Å². The molecule has 0 aromatic carbocycles. The number of aliphatic hydroxyl groups excluding tert-OH is 2. The summed E-state index contributed by atoms with van der Waals surface area (Å²) < 4.78 is 9.70. The maximum atomic E-state index is 10.8. The Morgan fingerprint density at radius 3 is 2.73 bits per heavy atom. The first-order valence-corrected chi connectivity index (χ1v) is 5.19. The Bertz CT molecular complexity index is 206. The van der Waals surface area contributed by atoms with Crippen LogP contribution in [0, 0.1) is 0 Å². The normalized spacial score (nSPS) is 30.5. The van der Waals surface area contributed by atoms with Gasteiger partial charge in [0.05, 0.1) is 19.8 Å². The number of esters is 1. The minimum atomic E-state index is -0.789. The monoisotopic (exact) mass is 218 g/mol. The highest BCUT2D eigenvalue weighted by atomic mass is 16.5. The van der Waals surface area contributed by atoms with Crippen LogP contribution in [0.5, 0.6) is 0 Å². The van der Waals surface area contributed by atoms with Gasteiger partial charge in [-0.05, 0) is 12.8 Å². The van der Waals surface area contributed by atoms with Crippen molar-refractivity contribution in [3.63, 3.8) is 0 Å². The Morgan fingerprint density at radius 1 is 1.47 bits per heavy atom. The van der Waals surface area contributed by atoms with Gasteiger partial charge in [0, 0.05) is 6.42 Å². The first kappa shape index (κ1) is 12.4. The molecule has 3 atom stereocenters. The van der Waals surface area contributed by atoms with Gasteiger partial charge >= 0.3 is 5.97 Å². The maximum Gasteiger partial charge on any atom is 0.305 e. The highest BCUT2D eigenvalue weighted by Crippen LogP contribution is 2.19. The molecule has 5 nitrogen and oxygen atoms in total. The van der Waals surface area contributed by atoms with E-state index in [0.29, 0.717) is 12.8 Å². The van der Waals surface area contributed by atoms with Gasteiger partial charge in [0.1, 0.15) is 12.2 Å². The third-order valence-electron chi connectivity index (χ3n) is 2.60. The second-order valence-corrected chi connectivity index (χ2v) is 3.75. The van der Waals surface area contributed by atoms with Crippen LogP contribution in [-0.4, -0.2) is 48.2 Å². The average Bonchev–Trinajstić information content (AvgIpc) is 2.55. The molecular weight excluding hydrogens is 200 g/mol. The first-order valence-electron chi connectivity index (χ1n) is 5.19. The van der Waals surface area contributed by atoms with Crippen molar-refractivity contribution in [3.8, 4) is 0 Å². The molecule has 0 aliphatic carbocycles. The zero-order valence-corrected chi connectivity index (χ0v) is 8.89. The molecule has 1 rings (SSSR count). The van der Waals surface area contributed by atoms with Gasteiger partial charge in [-0.1, -0.05) is 6.42 Å². The second-order valence-electron chi connectivity index (χ2n) is 3.75. The highest BCUT2D eigenvalue weighted by molar-refractivity contribution is 5.68. The van der Waals surface area contributed by atoms with Gasteiger partial charge < -0.3 is 19.7 Å². The summed E-state index contributed by atoms with van der Waals surface area (Å²) in [5.74, 6) is -0.220. The van der Waals surface area contributed by atoms with Gasteiger partial charge in [0.25, 0.3) is 0 Å². The SMILES string of the molecule is COC(=O)CCCC[C@@H]1OC[C@@H](O)[C@H]1O. The number of rotatable bonds is 5. The Morgan fingerprint density at radius 2 is 2.20 bits per heavy atom. The number of hydrogen-bond acceptors (Lipinski definition) is 5. The van der Waals surface area contributed by atoms with Crippen LogP contribution >= 0.6 is 0 Å². The van der Waals surface area contributed by atoms with Gasteiger partial charge in [-0.2, -0.15) is 0 Å². The smallest absolute Gasteiger partial charge is 0.305 e. The van der Waals surface area contributed by atoms with E-state index in [0.717, 1.165) is 12.8 Å². The number of hydrogen-bond donors (Lipinski definition) is 2. The molecular formula is C10H18O5. The van der Waals surface area contributed by atoms with Crippen molar-refractivity contribution in [3.05, 3.63) is 0 Å². The summed E-state index contributed by atoms with van der Waals surface area (Å²) in [6.45, 7) is 0.197. The summed E-state index contributed by atoms with van der Waals surface area (Å²) in [6.07, 6.45) is 0.701. The van der Waals surface area contributed by atoms with Crippen LogP contribution in [0.2, 0.25) is 0 Å². The van der Waals surface area contributed by atoms with Crippen LogP contribution in [0.3, 0.4) is 0 Å². The van der Waals surface area contributed by atoms with E-state index in [1.54, 1.807) is 0 Å². The summed E-state index contributed by atoms with van der Waals surface area (Å²) in [5.41, 5.74) is 0. The lowest BCUT2D eigenvalue weighted by Crippen LogP contribution is -2.29. The van der Waals surface area contributed by atoms with E-state index >= 15 is 0 Å². The number of methoxy groups -OCH3 is 1. The molecule has 0 radical (unpaired) electrons. The van der Waals surface area contributed by atoms with Crippen LogP contribution in [0.15, 0.2) is 0 Å². The lowest BCUT2D eigenvalue weighted by Gasteiger charge is -2.13. The fraction of sp³-hybridized carbons (Fsp3) is 0.900. The molecule has 1 saturated heterocycles. The number of aliphatic hydroxyl groups is 2. The molecule has 0 spiro atoms. The number of carbonyl (C=O) groups is 1. The van der Waals surface area contributed by atoms with E-state index in [-0.39, 0.29) is 18.7 Å². The number of unbranched alkanes of at least 4 members (excludes halogenated alkanes) is 1. The molecule has 0 aromatic rings. The summed E-state index contributed by atoms with van der Waals surface area (Å²) in [4.78, 5) is 10.8. The van der Waals surface area contributed by atoms with Crippen molar-refractivity contribution in [2.45, 2.75) is 44.0 Å². The molecule has 0 saturated carbocycles. The summed E-state index contributed by atoms with van der Waals surface area (Å²) in [7, 11) is 1.36. The first-order chi connectivity index (χ1) is 7.15. The van der Waals surface area contributed by atoms with E-state index in [9.17, 15) is 15.0 Å². The summed E-state index contributed by atoms with van der Waals surface area (Å²) >= 11 is 0. The minimum Gasteiger partial charge on any atom is -0.469 e. The second kappa shape index (κ2) is 6.05. The minimum absolute atomic E-state index is 0.197. The maximum absolute atomic E-state index is 10.8. The average molecular weight is 218 g/mol. The van der Waals surface area contributed by atoms with Gasteiger partial charge in [0.15, 0.2) is 0 Å². The zero-order valence-electron chi connectivity index (χ0n) is 8.89. The van der Waals surface area contributed by atoms with Crippen molar-refractivity contribution in [2.24, 2.45) is 0 Å². The molecule has 1 heterocycles. The molecule has 2 N–H and O–H groups in total. The van der Waals surface area contributed by atoms with E-state index < -0.39 is 12.2 Å². The topological polar surface area (TPSA) is 76.0 Å². The Hall–Kier alpha value is -0.650. The third kappa shape index (κ3) is 3.77. The van der Waals surface area contributed by atoms with E-state index in [1.807, 2.05) is 0 Å². The standard InChI is InChI=1S/C10H18O5/c1-14-9(12)5-3-2-4-8-10(13)7(11)6-15-8/h7-8,10-11,13H,2-6H2,1H3/t7-,8+,10-/m1/s1. The van der Waals surface area contributed by atoms with Crippen molar-refractivity contribution in [1.82, 2.24) is 0 Å². The van der Waals surface area contributed by atoms with E-state index in [1.165, 1.54) is 7.11 Å². The quantitative estimate of drug-likeness (QED) is 0.495. The van der Waals surface area contributed by atoms with Crippen LogP contribution in [-0.2, 0) is 14.3 Å². The van der Waals surface area contributed by atoms with Crippen LogP contribution in [0.4, 0.5) is 0 Å².